The van der Waals surface area contributed by atoms with Gasteiger partial charge in [-0.05, 0) is 37.0 Å². The first-order valence-electron chi connectivity index (χ1n) is 11.1. The Hall–Kier alpha value is -3.54. The molecule has 0 atom stereocenters. The molecule has 174 valence electrons. The second kappa shape index (κ2) is 10.9. The van der Waals surface area contributed by atoms with E-state index in [-0.39, 0.29) is 13.4 Å². The number of anilines is 2. The van der Waals surface area contributed by atoms with Crippen LogP contribution in [0.5, 0.6) is 0 Å². The molecule has 3 aromatic rings. The maximum absolute atomic E-state index is 13.9. The highest BCUT2D eigenvalue weighted by Crippen LogP contribution is 2.34. The van der Waals surface area contributed by atoms with Crippen LogP contribution in [0.2, 0.25) is 0 Å². The molecular formula is C27H32F2N4. The van der Waals surface area contributed by atoms with Crippen LogP contribution in [0.1, 0.15) is 45.2 Å². The second-order valence-corrected chi connectivity index (χ2v) is 7.86. The standard InChI is InChI=1S/C25H26F2N4.C2H4.H2/c1-2-25(26,27)20-10-6-17(7-11-20)16-22(18-4-3-5-18)31-21-12-8-19(9-13-21)23-24(28)30-15-14-29-23;1-2;/h6-15,31H,2-5,16H2,1H3,(H2,28,30);1-2H2;1H. The number of nitrogens with one attached hydrogen (secondary N) is 1. The van der Waals surface area contributed by atoms with E-state index in [1.54, 1.807) is 36.7 Å². The average Bonchev–Trinajstić information content (AvgIpc) is 2.80. The van der Waals surface area contributed by atoms with Crippen LogP contribution in [-0.2, 0) is 12.3 Å². The molecule has 33 heavy (non-hydrogen) atoms. The summed E-state index contributed by atoms with van der Waals surface area (Å²) in [5, 5.41) is 3.54. The summed E-state index contributed by atoms with van der Waals surface area (Å²) in [5.74, 6) is -2.38. The molecular weight excluding hydrogens is 418 g/mol. The van der Waals surface area contributed by atoms with Crippen molar-refractivity contribution in [2.45, 2.75) is 45.0 Å². The van der Waals surface area contributed by atoms with Crippen LogP contribution in [-0.4, -0.2) is 9.97 Å². The first-order valence-corrected chi connectivity index (χ1v) is 11.1. The van der Waals surface area contributed by atoms with Crippen molar-refractivity contribution in [2.75, 3.05) is 11.1 Å². The summed E-state index contributed by atoms with van der Waals surface area (Å²) in [7, 11) is 0. The highest BCUT2D eigenvalue weighted by Gasteiger charge is 2.28. The molecule has 0 radical (unpaired) electrons. The third kappa shape index (κ3) is 5.83. The van der Waals surface area contributed by atoms with E-state index in [1.165, 1.54) is 18.9 Å². The number of benzene rings is 2. The van der Waals surface area contributed by atoms with Crippen LogP contribution < -0.4 is 11.1 Å². The lowest BCUT2D eigenvalue weighted by Crippen LogP contribution is -2.13. The molecule has 1 saturated carbocycles. The summed E-state index contributed by atoms with van der Waals surface area (Å²) in [6, 6.07) is 14.6. The van der Waals surface area contributed by atoms with Crippen molar-refractivity contribution in [3.05, 3.63) is 96.5 Å². The quantitative estimate of drug-likeness (QED) is 0.369. The van der Waals surface area contributed by atoms with Crippen LogP contribution in [0.3, 0.4) is 0 Å². The van der Waals surface area contributed by atoms with E-state index in [2.05, 4.69) is 28.4 Å². The molecule has 1 heterocycles. The van der Waals surface area contributed by atoms with Crippen LogP contribution in [0.25, 0.3) is 11.3 Å². The number of nitrogen functional groups attached to an aromatic ring is 1. The normalized spacial score (nSPS) is 12.9. The number of aromatic nitrogens is 2. The largest absolute Gasteiger partial charge is 0.382 e. The van der Waals surface area contributed by atoms with Crippen molar-refractivity contribution in [2.24, 2.45) is 0 Å². The van der Waals surface area contributed by atoms with Gasteiger partial charge in [-0.2, -0.15) is 0 Å². The molecule has 1 aromatic heterocycles. The Morgan fingerprint density at radius 1 is 1.03 bits per heavy atom. The molecule has 3 N–H and O–H groups in total. The maximum atomic E-state index is 13.9. The van der Waals surface area contributed by atoms with Gasteiger partial charge in [-0.1, -0.05) is 48.9 Å². The zero-order valence-electron chi connectivity index (χ0n) is 19.0. The Bertz CT molecular complexity index is 1090. The number of halogens is 2. The molecule has 0 unspecified atom stereocenters. The molecule has 1 aliphatic carbocycles. The predicted octanol–water partition coefficient (Wildman–Crippen LogP) is 7.37. The Kier molecular flexibility index (Phi) is 7.93. The lowest BCUT2D eigenvalue weighted by Gasteiger charge is -2.24. The van der Waals surface area contributed by atoms with Gasteiger partial charge in [-0.25, -0.2) is 13.8 Å². The van der Waals surface area contributed by atoms with Gasteiger partial charge in [-0.3, -0.25) is 4.98 Å². The lowest BCUT2D eigenvalue weighted by molar-refractivity contribution is -0.00829. The van der Waals surface area contributed by atoms with Crippen molar-refractivity contribution in [3.8, 4) is 11.3 Å². The van der Waals surface area contributed by atoms with E-state index in [4.69, 9.17) is 5.73 Å². The molecule has 0 aliphatic heterocycles. The fraction of sp³-hybridized carbons (Fsp3) is 0.259. The first-order chi connectivity index (χ1) is 16.0. The summed E-state index contributed by atoms with van der Waals surface area (Å²) in [5.41, 5.74) is 12.1. The van der Waals surface area contributed by atoms with Gasteiger partial charge < -0.3 is 11.1 Å². The van der Waals surface area contributed by atoms with Crippen molar-refractivity contribution >= 4 is 11.5 Å². The van der Waals surface area contributed by atoms with Crippen molar-refractivity contribution in [1.82, 2.24) is 9.97 Å². The Balaban J connectivity index is 0.00000133. The fourth-order valence-corrected chi connectivity index (χ4v) is 3.64. The van der Waals surface area contributed by atoms with Crippen molar-refractivity contribution in [1.29, 1.82) is 0 Å². The van der Waals surface area contributed by atoms with E-state index < -0.39 is 5.92 Å². The van der Waals surface area contributed by atoms with Crippen LogP contribution in [0.4, 0.5) is 20.3 Å². The van der Waals surface area contributed by atoms with E-state index in [1.807, 2.05) is 24.3 Å². The maximum Gasteiger partial charge on any atom is 0.273 e. The number of hydrogen-bond acceptors (Lipinski definition) is 4. The van der Waals surface area contributed by atoms with Gasteiger partial charge >= 0.3 is 0 Å². The summed E-state index contributed by atoms with van der Waals surface area (Å²) < 4.78 is 27.8. The van der Waals surface area contributed by atoms with Gasteiger partial charge in [0.2, 0.25) is 0 Å². The minimum Gasteiger partial charge on any atom is -0.382 e. The molecule has 2 aromatic carbocycles. The molecule has 1 aliphatic rings. The van der Waals surface area contributed by atoms with E-state index in [0.717, 1.165) is 35.4 Å². The summed E-state index contributed by atoms with van der Waals surface area (Å²) >= 11 is 0. The minimum atomic E-state index is -2.78. The van der Waals surface area contributed by atoms with Crippen LogP contribution in [0.15, 0.2) is 85.4 Å². The van der Waals surface area contributed by atoms with Gasteiger partial charge in [0.1, 0.15) is 11.5 Å². The van der Waals surface area contributed by atoms with E-state index >= 15 is 0 Å². The molecule has 0 amide bonds. The summed E-state index contributed by atoms with van der Waals surface area (Å²) in [6.45, 7) is 7.50. The molecule has 1 fully saturated rings. The van der Waals surface area contributed by atoms with E-state index in [0.29, 0.717) is 17.9 Å². The highest BCUT2D eigenvalue weighted by molar-refractivity contribution is 5.71. The third-order valence-electron chi connectivity index (χ3n) is 5.77. The lowest BCUT2D eigenvalue weighted by atomic mass is 9.88. The second-order valence-electron chi connectivity index (χ2n) is 7.86. The molecule has 0 spiro atoms. The smallest absolute Gasteiger partial charge is 0.273 e. The number of alkyl halides is 2. The van der Waals surface area contributed by atoms with Crippen molar-refractivity contribution in [3.63, 3.8) is 0 Å². The Morgan fingerprint density at radius 2 is 1.67 bits per heavy atom. The van der Waals surface area contributed by atoms with Gasteiger partial charge in [0, 0.05) is 49.2 Å². The molecule has 0 bridgehead atoms. The zero-order chi connectivity index (χ0) is 23.8. The fourth-order valence-electron chi connectivity index (χ4n) is 3.64. The summed E-state index contributed by atoms with van der Waals surface area (Å²) in [4.78, 5) is 8.39. The number of nitrogens with two attached hydrogens (primary N) is 1. The molecule has 6 heteroatoms. The Labute approximate surface area is 195 Å². The van der Waals surface area contributed by atoms with Gasteiger partial charge in [-0.15, -0.1) is 13.2 Å². The van der Waals surface area contributed by atoms with Gasteiger partial charge in [0.05, 0.1) is 0 Å². The molecule has 4 nitrogen and oxygen atoms in total. The molecule has 0 saturated heterocycles. The zero-order valence-corrected chi connectivity index (χ0v) is 19.0. The first kappa shape index (κ1) is 24.1. The van der Waals surface area contributed by atoms with E-state index in [9.17, 15) is 8.78 Å². The van der Waals surface area contributed by atoms with Gasteiger partial charge in [0.15, 0.2) is 0 Å². The number of hydrogen-bond donors (Lipinski definition) is 2. The van der Waals surface area contributed by atoms with Crippen molar-refractivity contribution < 1.29 is 10.2 Å². The number of rotatable bonds is 7. The number of allylic oxidation sites excluding steroid dienone is 2. The molecule has 4 rings (SSSR count). The topological polar surface area (TPSA) is 63.8 Å². The predicted molar refractivity (Wildman–Crippen MR) is 134 cm³/mol. The number of nitrogens with zero attached hydrogens (tertiary/aromatic N) is 2. The Morgan fingerprint density at radius 3 is 2.21 bits per heavy atom. The SMILES string of the molecule is C=C.CCC(F)(F)c1ccc(CC(Nc2ccc(-c3nccnc3N)cc2)=C2CCC2)cc1.[HH]. The average molecular weight is 451 g/mol. The van der Waals surface area contributed by atoms with Crippen LogP contribution >= 0.6 is 0 Å². The monoisotopic (exact) mass is 450 g/mol. The van der Waals surface area contributed by atoms with Gasteiger partial charge in [0.25, 0.3) is 5.92 Å². The summed E-state index contributed by atoms with van der Waals surface area (Å²) in [6.07, 6.45) is 7.02. The van der Waals surface area contributed by atoms with Crippen LogP contribution in [0, 0.1) is 0 Å². The highest BCUT2D eigenvalue weighted by atomic mass is 19.3. The minimum absolute atomic E-state index is 0. The third-order valence-corrected chi connectivity index (χ3v) is 5.77.